The van der Waals surface area contributed by atoms with Crippen molar-refractivity contribution in [2.24, 2.45) is 0 Å². The minimum atomic E-state index is -1.49. The summed E-state index contributed by atoms with van der Waals surface area (Å²) in [6.07, 6.45) is -1.49. The summed E-state index contributed by atoms with van der Waals surface area (Å²) < 4.78 is 0. The van der Waals surface area contributed by atoms with Crippen molar-refractivity contribution in [1.29, 1.82) is 0 Å². The van der Waals surface area contributed by atoms with Crippen LogP contribution in [0.15, 0.2) is 103 Å². The van der Waals surface area contributed by atoms with Gasteiger partial charge in [0.15, 0.2) is 11.7 Å². The van der Waals surface area contributed by atoms with Crippen LogP contribution in [0.5, 0.6) is 5.75 Å². The number of benzene rings is 4. The highest BCUT2D eigenvalue weighted by molar-refractivity contribution is 5.97. The highest BCUT2D eigenvalue weighted by atomic mass is 16.7. The van der Waals surface area contributed by atoms with Crippen LogP contribution >= 0.6 is 0 Å². The Balaban J connectivity index is 1.42. The van der Waals surface area contributed by atoms with Gasteiger partial charge in [-0.15, -0.1) is 0 Å². The molecule has 190 valence electrons. The number of aliphatic hydroxyl groups excluding tert-OH is 1. The average molecular weight is 508 g/mol. The van der Waals surface area contributed by atoms with Crippen LogP contribution in [0.1, 0.15) is 27.4 Å². The summed E-state index contributed by atoms with van der Waals surface area (Å²) in [6.45, 7) is 0. The van der Waals surface area contributed by atoms with Crippen molar-refractivity contribution in [1.82, 2.24) is 15.4 Å². The lowest BCUT2D eigenvalue weighted by molar-refractivity contribution is -0.124. The first-order valence-electron chi connectivity index (χ1n) is 11.9. The number of hydrogen-bond acceptors (Lipinski definition) is 6. The van der Waals surface area contributed by atoms with Crippen LogP contribution in [0.25, 0.3) is 11.0 Å². The number of carbonyl (C=O) groups excluding carboxylic acids is 2. The standard InChI is InChI=1S/C29H25N5O4/c30-29-32-22-16-15-20(17-23(22)33-29)31-28(37)26(35)25(18-9-3-1-4-10-18)21-13-7-8-14-24(21)38-34-27(36)19-11-5-2-6-12-19/h1-17,25-26,35H,(H,31,37)(H,34,36)(H3,30,32,33). The molecule has 1 aromatic heterocycles. The van der Waals surface area contributed by atoms with Crippen molar-refractivity contribution in [3.8, 4) is 5.75 Å². The fraction of sp³-hybridized carbons (Fsp3) is 0.0690. The lowest BCUT2D eigenvalue weighted by atomic mass is 9.85. The molecule has 9 nitrogen and oxygen atoms in total. The fourth-order valence-corrected chi connectivity index (χ4v) is 4.25. The van der Waals surface area contributed by atoms with E-state index in [-0.39, 0.29) is 5.95 Å². The molecule has 0 aliphatic carbocycles. The number of fused-ring (bicyclic) bond motifs is 1. The number of aromatic nitrogens is 2. The van der Waals surface area contributed by atoms with Crippen molar-refractivity contribution < 1.29 is 19.5 Å². The van der Waals surface area contributed by atoms with Crippen molar-refractivity contribution >= 4 is 34.5 Å². The zero-order valence-electron chi connectivity index (χ0n) is 20.2. The molecule has 9 heteroatoms. The number of anilines is 2. The number of hydrogen-bond donors (Lipinski definition) is 5. The van der Waals surface area contributed by atoms with E-state index in [4.69, 9.17) is 10.6 Å². The molecule has 0 spiro atoms. The van der Waals surface area contributed by atoms with Gasteiger partial charge in [0, 0.05) is 22.7 Å². The number of nitrogens with zero attached hydrogens (tertiary/aromatic N) is 1. The van der Waals surface area contributed by atoms with Gasteiger partial charge in [-0.1, -0.05) is 66.7 Å². The van der Waals surface area contributed by atoms with Gasteiger partial charge in [0.25, 0.3) is 11.8 Å². The maximum absolute atomic E-state index is 13.3. The monoisotopic (exact) mass is 507 g/mol. The van der Waals surface area contributed by atoms with Gasteiger partial charge in [-0.05, 0) is 42.0 Å². The SMILES string of the molecule is Nc1nc2ccc(NC(=O)C(O)C(c3ccccc3)c3ccccc3ONC(=O)c3ccccc3)cc2[nH]1. The lowest BCUT2D eigenvalue weighted by Gasteiger charge is -2.25. The van der Waals surface area contributed by atoms with Gasteiger partial charge in [0.1, 0.15) is 6.10 Å². The summed E-state index contributed by atoms with van der Waals surface area (Å²) in [6, 6.07) is 29.8. The normalized spacial score (nSPS) is 12.4. The number of carbonyl (C=O) groups is 2. The van der Waals surface area contributed by atoms with Crippen LogP contribution in [0.4, 0.5) is 11.6 Å². The number of nitrogen functional groups attached to an aromatic ring is 1. The molecule has 0 saturated heterocycles. The summed E-state index contributed by atoms with van der Waals surface area (Å²) in [4.78, 5) is 38.6. The maximum atomic E-state index is 13.3. The smallest absolute Gasteiger partial charge is 0.283 e. The van der Waals surface area contributed by atoms with Crippen molar-refractivity contribution in [2.45, 2.75) is 12.0 Å². The Morgan fingerprint density at radius 3 is 2.34 bits per heavy atom. The molecule has 2 atom stereocenters. The van der Waals surface area contributed by atoms with Crippen LogP contribution in [0.2, 0.25) is 0 Å². The van der Waals surface area contributed by atoms with E-state index in [0.717, 1.165) is 0 Å². The van der Waals surface area contributed by atoms with Crippen LogP contribution in [-0.4, -0.2) is 33.0 Å². The minimum Gasteiger partial charge on any atom is -0.382 e. The van der Waals surface area contributed by atoms with Gasteiger partial charge < -0.3 is 26.0 Å². The summed E-state index contributed by atoms with van der Waals surface area (Å²) in [5.41, 5.74) is 11.6. The van der Waals surface area contributed by atoms with E-state index in [0.29, 0.717) is 39.2 Å². The molecule has 5 aromatic rings. The Morgan fingerprint density at radius 1 is 0.895 bits per heavy atom. The van der Waals surface area contributed by atoms with E-state index in [1.54, 1.807) is 66.7 Å². The van der Waals surface area contributed by atoms with Gasteiger partial charge in [-0.3, -0.25) is 9.59 Å². The van der Waals surface area contributed by atoms with Crippen molar-refractivity contribution in [3.63, 3.8) is 0 Å². The highest BCUT2D eigenvalue weighted by Gasteiger charge is 2.31. The second kappa shape index (κ2) is 10.9. The third kappa shape index (κ3) is 5.32. The highest BCUT2D eigenvalue weighted by Crippen LogP contribution is 2.35. The van der Waals surface area contributed by atoms with Gasteiger partial charge in [-0.2, -0.15) is 5.48 Å². The number of nitrogens with two attached hydrogens (primary N) is 1. The molecule has 5 rings (SSSR count). The summed E-state index contributed by atoms with van der Waals surface area (Å²) in [5.74, 6) is -1.28. The molecule has 0 saturated carbocycles. The molecule has 6 N–H and O–H groups in total. The number of H-pyrrole nitrogens is 1. The number of hydroxylamine groups is 1. The van der Waals surface area contributed by atoms with Crippen LogP contribution in [0.3, 0.4) is 0 Å². The molecule has 0 aliphatic rings. The Kier molecular flexibility index (Phi) is 7.01. The maximum Gasteiger partial charge on any atom is 0.283 e. The minimum absolute atomic E-state index is 0.267. The molecule has 0 bridgehead atoms. The predicted molar refractivity (Wildman–Crippen MR) is 144 cm³/mol. The number of amides is 2. The molecular formula is C29H25N5O4. The number of aromatic amines is 1. The Bertz CT molecular complexity index is 1570. The fourth-order valence-electron chi connectivity index (χ4n) is 4.25. The molecule has 38 heavy (non-hydrogen) atoms. The van der Waals surface area contributed by atoms with E-state index in [9.17, 15) is 14.7 Å². The zero-order chi connectivity index (χ0) is 26.5. The molecule has 1 heterocycles. The number of nitrogens with one attached hydrogen (secondary N) is 3. The largest absolute Gasteiger partial charge is 0.382 e. The molecule has 2 amide bonds. The van der Waals surface area contributed by atoms with E-state index < -0.39 is 23.8 Å². The average Bonchev–Trinajstić information content (AvgIpc) is 3.32. The molecular weight excluding hydrogens is 482 g/mol. The topological polar surface area (TPSA) is 142 Å². The second-order valence-corrected chi connectivity index (χ2v) is 8.61. The number of aliphatic hydroxyl groups is 1. The molecule has 0 fully saturated rings. The first-order valence-corrected chi connectivity index (χ1v) is 11.9. The van der Waals surface area contributed by atoms with Gasteiger partial charge in [-0.25, -0.2) is 4.98 Å². The van der Waals surface area contributed by atoms with Crippen molar-refractivity contribution in [2.75, 3.05) is 11.1 Å². The van der Waals surface area contributed by atoms with Gasteiger partial charge >= 0.3 is 0 Å². The van der Waals surface area contributed by atoms with Gasteiger partial charge in [0.05, 0.1) is 11.0 Å². The molecule has 4 aromatic carbocycles. The summed E-state index contributed by atoms with van der Waals surface area (Å²) in [5, 5.41) is 14.1. The first kappa shape index (κ1) is 24.5. The lowest BCUT2D eigenvalue weighted by Crippen LogP contribution is -2.34. The van der Waals surface area contributed by atoms with Gasteiger partial charge in [0.2, 0.25) is 0 Å². The van der Waals surface area contributed by atoms with Crippen LogP contribution in [-0.2, 0) is 4.79 Å². The summed E-state index contributed by atoms with van der Waals surface area (Å²) >= 11 is 0. The Morgan fingerprint density at radius 2 is 1.58 bits per heavy atom. The Hall–Kier alpha value is -5.15. The van der Waals surface area contributed by atoms with E-state index in [1.807, 2.05) is 36.4 Å². The quantitative estimate of drug-likeness (QED) is 0.201. The van der Waals surface area contributed by atoms with E-state index in [1.165, 1.54) is 0 Å². The second-order valence-electron chi connectivity index (χ2n) is 8.61. The predicted octanol–water partition coefficient (Wildman–Crippen LogP) is 4.00. The van der Waals surface area contributed by atoms with E-state index >= 15 is 0 Å². The zero-order valence-corrected chi connectivity index (χ0v) is 20.2. The first-order chi connectivity index (χ1) is 18.5. The van der Waals surface area contributed by atoms with Crippen LogP contribution in [0, 0.1) is 0 Å². The Labute approximate surface area is 218 Å². The molecule has 2 unspecified atom stereocenters. The molecule has 0 radical (unpaired) electrons. The van der Waals surface area contributed by atoms with E-state index in [2.05, 4.69) is 20.8 Å². The number of imidazole rings is 1. The van der Waals surface area contributed by atoms with Crippen molar-refractivity contribution in [3.05, 3.63) is 120 Å². The molecule has 0 aliphatic heterocycles. The number of para-hydroxylation sites is 1. The third-order valence-corrected chi connectivity index (χ3v) is 6.05. The summed E-state index contributed by atoms with van der Waals surface area (Å²) in [7, 11) is 0. The number of rotatable bonds is 8. The van der Waals surface area contributed by atoms with Crippen LogP contribution < -0.4 is 21.4 Å². The third-order valence-electron chi connectivity index (χ3n) is 6.05.